The average Bonchev–Trinajstić information content (AvgIpc) is 3.28. The second kappa shape index (κ2) is 9.57. The summed E-state index contributed by atoms with van der Waals surface area (Å²) in [6.45, 7) is 2.75. The van der Waals surface area contributed by atoms with E-state index in [9.17, 15) is 4.79 Å². The van der Waals surface area contributed by atoms with Gasteiger partial charge in [-0.25, -0.2) is 4.98 Å². The number of carbonyl (C=O) groups is 1. The van der Waals surface area contributed by atoms with Crippen LogP contribution in [0.3, 0.4) is 0 Å². The maximum absolute atomic E-state index is 12.8. The van der Waals surface area contributed by atoms with E-state index in [-0.39, 0.29) is 5.91 Å². The first-order valence-electron chi connectivity index (χ1n) is 11.2. The first-order valence-corrected chi connectivity index (χ1v) is 11.6. The van der Waals surface area contributed by atoms with E-state index in [1.807, 2.05) is 54.6 Å². The summed E-state index contributed by atoms with van der Waals surface area (Å²) in [5.41, 5.74) is 3.32. The quantitative estimate of drug-likeness (QED) is 0.247. The van der Waals surface area contributed by atoms with E-state index in [1.54, 1.807) is 24.3 Å². The van der Waals surface area contributed by atoms with Crippen molar-refractivity contribution in [1.82, 2.24) is 4.98 Å². The van der Waals surface area contributed by atoms with Gasteiger partial charge in [-0.1, -0.05) is 55.3 Å². The zero-order valence-corrected chi connectivity index (χ0v) is 19.4. The molecule has 1 amide bonds. The van der Waals surface area contributed by atoms with Gasteiger partial charge in [0.2, 0.25) is 5.89 Å². The molecule has 0 fully saturated rings. The Hall–Kier alpha value is -3.83. The third kappa shape index (κ3) is 4.47. The number of fused-ring (bicyclic) bond motifs is 2. The van der Waals surface area contributed by atoms with Crippen LogP contribution in [-0.4, -0.2) is 17.5 Å². The SMILES string of the molecule is CCCCOc1cccc(C(=O)Nc2ccc3oc(-c4cccc5c(Cl)cccc45)nc3c2)c1. The molecule has 0 aliphatic carbocycles. The first kappa shape index (κ1) is 22.0. The van der Waals surface area contributed by atoms with E-state index >= 15 is 0 Å². The lowest BCUT2D eigenvalue weighted by molar-refractivity contribution is 0.102. The van der Waals surface area contributed by atoms with Crippen LogP contribution in [-0.2, 0) is 0 Å². The Labute approximate surface area is 202 Å². The fourth-order valence-electron chi connectivity index (χ4n) is 3.84. The highest BCUT2D eigenvalue weighted by atomic mass is 35.5. The van der Waals surface area contributed by atoms with Crippen LogP contribution in [0, 0.1) is 0 Å². The Bertz CT molecular complexity index is 1490. The molecule has 0 spiro atoms. The van der Waals surface area contributed by atoms with Crippen molar-refractivity contribution in [1.29, 1.82) is 0 Å². The number of hydrogen-bond acceptors (Lipinski definition) is 4. The summed E-state index contributed by atoms with van der Waals surface area (Å²) < 4.78 is 11.7. The molecule has 0 aliphatic rings. The molecule has 5 rings (SSSR count). The molecule has 5 aromatic rings. The van der Waals surface area contributed by atoms with Gasteiger partial charge in [0.25, 0.3) is 5.91 Å². The Morgan fingerprint density at radius 3 is 2.71 bits per heavy atom. The Morgan fingerprint density at radius 1 is 1.00 bits per heavy atom. The van der Waals surface area contributed by atoms with Gasteiger partial charge in [0, 0.05) is 27.2 Å². The number of amides is 1. The van der Waals surface area contributed by atoms with E-state index in [2.05, 4.69) is 17.2 Å². The predicted molar refractivity (Wildman–Crippen MR) is 137 cm³/mol. The minimum atomic E-state index is -0.215. The monoisotopic (exact) mass is 470 g/mol. The van der Waals surface area contributed by atoms with E-state index in [0.29, 0.717) is 45.6 Å². The maximum atomic E-state index is 12.8. The molecular weight excluding hydrogens is 448 g/mol. The lowest BCUT2D eigenvalue weighted by Gasteiger charge is -2.08. The third-order valence-corrected chi connectivity index (χ3v) is 5.94. The van der Waals surface area contributed by atoms with Gasteiger partial charge in [-0.05, 0) is 60.3 Å². The van der Waals surface area contributed by atoms with Crippen molar-refractivity contribution in [2.75, 3.05) is 11.9 Å². The van der Waals surface area contributed by atoms with Crippen molar-refractivity contribution in [2.24, 2.45) is 0 Å². The van der Waals surface area contributed by atoms with Crippen LogP contribution < -0.4 is 10.1 Å². The molecule has 0 saturated heterocycles. The first-order chi connectivity index (χ1) is 16.6. The van der Waals surface area contributed by atoms with Crippen molar-refractivity contribution >= 4 is 45.1 Å². The minimum absolute atomic E-state index is 0.215. The van der Waals surface area contributed by atoms with Gasteiger partial charge in [0.15, 0.2) is 5.58 Å². The van der Waals surface area contributed by atoms with Crippen LogP contribution in [0.15, 0.2) is 83.3 Å². The summed E-state index contributed by atoms with van der Waals surface area (Å²) in [6.07, 6.45) is 2.03. The van der Waals surface area contributed by atoms with Gasteiger partial charge in [-0.15, -0.1) is 0 Å². The van der Waals surface area contributed by atoms with Crippen LogP contribution in [0.2, 0.25) is 5.02 Å². The van der Waals surface area contributed by atoms with Crippen LogP contribution in [0.5, 0.6) is 5.75 Å². The van der Waals surface area contributed by atoms with E-state index in [1.165, 1.54) is 0 Å². The molecule has 1 heterocycles. The summed E-state index contributed by atoms with van der Waals surface area (Å²) in [6, 6.07) is 24.3. The number of nitrogens with one attached hydrogen (secondary N) is 1. The molecule has 0 atom stereocenters. The fraction of sp³-hybridized carbons (Fsp3) is 0.143. The van der Waals surface area contributed by atoms with Gasteiger partial charge in [-0.2, -0.15) is 0 Å². The number of oxazole rings is 1. The number of hydrogen-bond donors (Lipinski definition) is 1. The van der Waals surface area contributed by atoms with Crippen molar-refractivity contribution < 1.29 is 13.9 Å². The number of unbranched alkanes of at least 4 members (excludes halogenated alkanes) is 1. The lowest BCUT2D eigenvalue weighted by Crippen LogP contribution is -2.12. The average molecular weight is 471 g/mol. The highest BCUT2D eigenvalue weighted by Crippen LogP contribution is 2.34. The number of anilines is 1. The molecule has 5 nitrogen and oxygen atoms in total. The number of aromatic nitrogens is 1. The molecule has 0 saturated carbocycles. The lowest BCUT2D eigenvalue weighted by atomic mass is 10.0. The number of benzene rings is 4. The van der Waals surface area contributed by atoms with Crippen molar-refractivity contribution in [3.05, 3.63) is 89.4 Å². The summed E-state index contributed by atoms with van der Waals surface area (Å²) in [7, 11) is 0. The predicted octanol–water partition coefficient (Wildman–Crippen LogP) is 7.73. The Balaban J connectivity index is 1.39. The summed E-state index contributed by atoms with van der Waals surface area (Å²) in [4.78, 5) is 17.5. The normalized spacial score (nSPS) is 11.1. The van der Waals surface area contributed by atoms with E-state index < -0.39 is 0 Å². The molecular formula is C28H23ClN2O3. The van der Waals surface area contributed by atoms with Gasteiger partial charge in [0.1, 0.15) is 11.3 Å². The fourth-order valence-corrected chi connectivity index (χ4v) is 4.08. The van der Waals surface area contributed by atoms with E-state index in [0.717, 1.165) is 29.2 Å². The standard InChI is InChI=1S/C28H23ClN2O3/c1-2-3-15-33-20-8-4-7-18(16-20)27(32)30-19-13-14-26-25(17-19)31-28(34-26)23-11-5-10-22-21(23)9-6-12-24(22)29/h4-14,16-17H,2-3,15H2,1H3,(H,30,32). The van der Waals surface area contributed by atoms with Crippen LogP contribution in [0.4, 0.5) is 5.69 Å². The minimum Gasteiger partial charge on any atom is -0.494 e. The summed E-state index contributed by atoms with van der Waals surface area (Å²) in [5, 5.41) is 5.53. The summed E-state index contributed by atoms with van der Waals surface area (Å²) in [5.74, 6) is 0.976. The maximum Gasteiger partial charge on any atom is 0.255 e. The molecule has 170 valence electrons. The number of rotatable bonds is 7. The van der Waals surface area contributed by atoms with Gasteiger partial charge in [0.05, 0.1) is 6.61 Å². The molecule has 0 radical (unpaired) electrons. The second-order valence-corrected chi connectivity index (χ2v) is 8.43. The molecule has 6 heteroatoms. The molecule has 1 aromatic heterocycles. The van der Waals surface area contributed by atoms with Gasteiger partial charge in [-0.3, -0.25) is 4.79 Å². The summed E-state index contributed by atoms with van der Waals surface area (Å²) >= 11 is 6.36. The van der Waals surface area contributed by atoms with Crippen LogP contribution in [0.25, 0.3) is 33.3 Å². The third-order valence-electron chi connectivity index (χ3n) is 5.61. The Morgan fingerprint density at radius 2 is 1.82 bits per heavy atom. The molecule has 0 aliphatic heterocycles. The molecule has 1 N–H and O–H groups in total. The zero-order valence-electron chi connectivity index (χ0n) is 18.7. The van der Waals surface area contributed by atoms with Crippen LogP contribution >= 0.6 is 11.6 Å². The molecule has 4 aromatic carbocycles. The number of ether oxygens (including phenoxy) is 1. The highest BCUT2D eigenvalue weighted by Gasteiger charge is 2.14. The van der Waals surface area contributed by atoms with Crippen molar-refractivity contribution in [2.45, 2.75) is 19.8 Å². The molecule has 0 unspecified atom stereocenters. The highest BCUT2D eigenvalue weighted by molar-refractivity contribution is 6.35. The number of carbonyl (C=O) groups excluding carboxylic acids is 1. The van der Waals surface area contributed by atoms with Gasteiger partial charge >= 0.3 is 0 Å². The largest absolute Gasteiger partial charge is 0.494 e. The van der Waals surface area contributed by atoms with E-state index in [4.69, 9.17) is 20.8 Å². The smallest absolute Gasteiger partial charge is 0.255 e. The topological polar surface area (TPSA) is 64.4 Å². The second-order valence-electron chi connectivity index (χ2n) is 8.03. The zero-order chi connectivity index (χ0) is 23.5. The van der Waals surface area contributed by atoms with Gasteiger partial charge < -0.3 is 14.5 Å². The van der Waals surface area contributed by atoms with Crippen molar-refractivity contribution in [3.8, 4) is 17.2 Å². The van der Waals surface area contributed by atoms with Crippen molar-refractivity contribution in [3.63, 3.8) is 0 Å². The number of nitrogens with zero attached hydrogens (tertiary/aromatic N) is 1. The Kier molecular flexibility index (Phi) is 6.19. The molecule has 0 bridgehead atoms. The number of halogens is 1. The van der Waals surface area contributed by atoms with Crippen LogP contribution in [0.1, 0.15) is 30.1 Å². The molecule has 34 heavy (non-hydrogen) atoms.